The van der Waals surface area contributed by atoms with Crippen LogP contribution in [-0.2, 0) is 16.4 Å². The highest BCUT2D eigenvalue weighted by Gasteiger charge is 2.22. The second-order valence-corrected chi connectivity index (χ2v) is 8.22. The normalized spacial score (nSPS) is 11.1. The highest BCUT2D eigenvalue weighted by Crippen LogP contribution is 2.24. The summed E-state index contributed by atoms with van der Waals surface area (Å²) in [7, 11) is -3.81. The van der Waals surface area contributed by atoms with Crippen LogP contribution >= 0.6 is 0 Å². The first-order valence-corrected chi connectivity index (χ1v) is 11.0. The van der Waals surface area contributed by atoms with Crippen LogP contribution in [0, 0.1) is 0 Å². The first kappa shape index (κ1) is 20.6. The van der Waals surface area contributed by atoms with Gasteiger partial charge in [0.1, 0.15) is 0 Å². The summed E-state index contributed by atoms with van der Waals surface area (Å²) in [6.45, 7) is 4.35. The van der Waals surface area contributed by atoms with E-state index >= 15 is 0 Å². The third-order valence-electron chi connectivity index (χ3n) is 4.67. The predicted octanol–water partition coefficient (Wildman–Crippen LogP) is 4.72. The molecule has 0 saturated heterocycles. The van der Waals surface area contributed by atoms with E-state index < -0.39 is 10.0 Å². The van der Waals surface area contributed by atoms with Gasteiger partial charge in [-0.25, -0.2) is 8.42 Å². The molecular weight excluding hydrogens is 384 g/mol. The van der Waals surface area contributed by atoms with Gasteiger partial charge in [0.25, 0.3) is 15.9 Å². The zero-order valence-corrected chi connectivity index (χ0v) is 17.3. The zero-order chi connectivity index (χ0) is 20.9. The van der Waals surface area contributed by atoms with Gasteiger partial charge in [-0.3, -0.25) is 9.52 Å². The van der Waals surface area contributed by atoms with E-state index in [9.17, 15) is 13.2 Å². The van der Waals surface area contributed by atoms with Crippen molar-refractivity contribution in [1.82, 2.24) is 0 Å². The molecule has 0 spiro atoms. The van der Waals surface area contributed by atoms with E-state index in [0.29, 0.717) is 12.1 Å². The van der Waals surface area contributed by atoms with Gasteiger partial charge >= 0.3 is 0 Å². The number of para-hydroxylation sites is 2. The average molecular weight is 409 g/mol. The van der Waals surface area contributed by atoms with Crippen molar-refractivity contribution >= 4 is 27.3 Å². The van der Waals surface area contributed by atoms with Crippen molar-refractivity contribution in [3.63, 3.8) is 0 Å². The van der Waals surface area contributed by atoms with Crippen LogP contribution in [0.25, 0.3) is 0 Å². The molecule has 29 heavy (non-hydrogen) atoms. The molecule has 6 heteroatoms. The summed E-state index contributed by atoms with van der Waals surface area (Å²) in [5, 5.41) is 0. The maximum atomic E-state index is 13.2. The van der Waals surface area contributed by atoms with Crippen molar-refractivity contribution in [3.8, 4) is 0 Å². The van der Waals surface area contributed by atoms with Gasteiger partial charge in [0.15, 0.2) is 0 Å². The van der Waals surface area contributed by atoms with Gasteiger partial charge in [0.05, 0.1) is 16.1 Å². The number of hydrogen-bond acceptors (Lipinski definition) is 3. The molecule has 3 aromatic rings. The molecule has 1 N–H and O–H groups in total. The lowest BCUT2D eigenvalue weighted by Gasteiger charge is -2.22. The molecule has 0 bridgehead atoms. The number of nitrogens with one attached hydrogen (secondary N) is 1. The Kier molecular flexibility index (Phi) is 6.34. The fourth-order valence-electron chi connectivity index (χ4n) is 3.06. The Hall–Kier alpha value is -3.12. The van der Waals surface area contributed by atoms with Gasteiger partial charge < -0.3 is 4.90 Å². The average Bonchev–Trinajstić information content (AvgIpc) is 2.75. The minimum absolute atomic E-state index is 0.160. The molecule has 0 saturated carbocycles. The molecule has 0 fully saturated rings. The Morgan fingerprint density at radius 1 is 0.862 bits per heavy atom. The molecule has 0 aromatic heterocycles. The van der Waals surface area contributed by atoms with Crippen LogP contribution < -0.4 is 9.62 Å². The van der Waals surface area contributed by atoms with Crippen LogP contribution in [0.15, 0.2) is 83.8 Å². The third-order valence-corrected chi connectivity index (χ3v) is 6.05. The molecular formula is C23H24N2O3S. The second-order valence-electron chi connectivity index (χ2n) is 6.53. The number of carbonyl (C=O) groups is 1. The van der Waals surface area contributed by atoms with Crippen molar-refractivity contribution in [2.24, 2.45) is 0 Å². The van der Waals surface area contributed by atoms with Crippen molar-refractivity contribution in [2.75, 3.05) is 16.2 Å². The van der Waals surface area contributed by atoms with Crippen molar-refractivity contribution in [1.29, 1.82) is 0 Å². The van der Waals surface area contributed by atoms with E-state index in [1.807, 2.05) is 44.2 Å². The van der Waals surface area contributed by atoms with E-state index in [4.69, 9.17) is 0 Å². The smallest absolute Gasteiger partial charge is 0.261 e. The van der Waals surface area contributed by atoms with Gasteiger partial charge in [-0.2, -0.15) is 0 Å². The number of anilines is 2. The summed E-state index contributed by atoms with van der Waals surface area (Å²) in [5.41, 5.74) is 2.37. The largest absolute Gasteiger partial charge is 0.309 e. The fourth-order valence-corrected chi connectivity index (χ4v) is 4.14. The van der Waals surface area contributed by atoms with E-state index in [0.717, 1.165) is 17.7 Å². The minimum Gasteiger partial charge on any atom is -0.309 e. The van der Waals surface area contributed by atoms with Gasteiger partial charge in [-0.15, -0.1) is 0 Å². The summed E-state index contributed by atoms with van der Waals surface area (Å²) in [6, 6.07) is 22.7. The Morgan fingerprint density at radius 3 is 2.10 bits per heavy atom. The van der Waals surface area contributed by atoms with E-state index in [-0.39, 0.29) is 16.5 Å². The van der Waals surface area contributed by atoms with Crippen molar-refractivity contribution in [2.45, 2.75) is 25.2 Å². The molecule has 0 radical (unpaired) electrons. The minimum atomic E-state index is -3.81. The van der Waals surface area contributed by atoms with Crippen LogP contribution in [0.3, 0.4) is 0 Å². The van der Waals surface area contributed by atoms with Gasteiger partial charge in [0.2, 0.25) is 0 Å². The van der Waals surface area contributed by atoms with Crippen LogP contribution in [0.1, 0.15) is 29.8 Å². The third kappa shape index (κ3) is 4.66. The van der Waals surface area contributed by atoms with Gasteiger partial charge in [-0.1, -0.05) is 49.4 Å². The topological polar surface area (TPSA) is 66.5 Å². The quantitative estimate of drug-likeness (QED) is 0.615. The number of aryl methyl sites for hydroxylation is 1. The first-order chi connectivity index (χ1) is 14.0. The number of hydrogen-bond donors (Lipinski definition) is 1. The van der Waals surface area contributed by atoms with Crippen LogP contribution in [0.4, 0.5) is 11.4 Å². The molecule has 0 atom stereocenters. The SMILES string of the molecule is CCc1ccc(S(=O)(=O)Nc2ccccc2C(=O)N(CC)c2ccccc2)cc1. The number of sulfonamides is 1. The Morgan fingerprint density at radius 2 is 1.48 bits per heavy atom. The van der Waals surface area contributed by atoms with E-state index in [1.165, 1.54) is 0 Å². The number of benzene rings is 3. The van der Waals surface area contributed by atoms with E-state index in [1.54, 1.807) is 53.4 Å². The summed E-state index contributed by atoms with van der Waals surface area (Å²) in [5.74, 6) is -0.265. The molecule has 150 valence electrons. The molecule has 1 amide bonds. The number of amides is 1. The zero-order valence-electron chi connectivity index (χ0n) is 16.5. The second kappa shape index (κ2) is 8.92. The standard InChI is InChI=1S/C23H24N2O3S/c1-3-18-14-16-20(17-15-18)29(27,28)24-22-13-9-8-12-21(22)23(26)25(4-2)19-10-6-5-7-11-19/h5-17,24H,3-4H2,1-2H3. The van der Waals surface area contributed by atoms with E-state index in [2.05, 4.69) is 4.72 Å². The monoisotopic (exact) mass is 408 g/mol. The molecule has 0 aliphatic rings. The lowest BCUT2D eigenvalue weighted by atomic mass is 10.1. The molecule has 5 nitrogen and oxygen atoms in total. The van der Waals surface area contributed by atoms with Gasteiger partial charge in [-0.05, 0) is 55.3 Å². The molecule has 0 aliphatic carbocycles. The lowest BCUT2D eigenvalue weighted by molar-refractivity contribution is 0.0989. The highest BCUT2D eigenvalue weighted by molar-refractivity contribution is 7.92. The summed E-state index contributed by atoms with van der Waals surface area (Å²) in [6.07, 6.45) is 0.831. The van der Waals surface area contributed by atoms with Crippen LogP contribution in [0.5, 0.6) is 0 Å². The predicted molar refractivity (Wildman–Crippen MR) is 117 cm³/mol. The molecule has 0 aliphatic heterocycles. The summed E-state index contributed by atoms with van der Waals surface area (Å²) < 4.78 is 28.3. The fraction of sp³-hybridized carbons (Fsp3) is 0.174. The number of nitrogens with zero attached hydrogens (tertiary/aromatic N) is 1. The number of rotatable bonds is 7. The maximum absolute atomic E-state index is 13.2. The Bertz CT molecular complexity index is 1080. The number of carbonyl (C=O) groups excluding carboxylic acids is 1. The first-order valence-electron chi connectivity index (χ1n) is 9.54. The van der Waals surface area contributed by atoms with Crippen molar-refractivity contribution < 1.29 is 13.2 Å². The summed E-state index contributed by atoms with van der Waals surface area (Å²) in [4.78, 5) is 15.0. The van der Waals surface area contributed by atoms with Gasteiger partial charge in [0, 0.05) is 12.2 Å². The van der Waals surface area contributed by atoms with Crippen LogP contribution in [-0.4, -0.2) is 20.9 Å². The van der Waals surface area contributed by atoms with Crippen LogP contribution in [0.2, 0.25) is 0 Å². The molecule has 0 heterocycles. The Balaban J connectivity index is 1.93. The molecule has 3 aromatic carbocycles. The Labute approximate surface area is 172 Å². The maximum Gasteiger partial charge on any atom is 0.261 e. The highest BCUT2D eigenvalue weighted by atomic mass is 32.2. The summed E-state index contributed by atoms with van der Waals surface area (Å²) >= 11 is 0. The lowest BCUT2D eigenvalue weighted by Crippen LogP contribution is -2.31. The molecule has 0 unspecified atom stereocenters. The molecule has 3 rings (SSSR count). The van der Waals surface area contributed by atoms with Crippen molar-refractivity contribution in [3.05, 3.63) is 90.0 Å².